The van der Waals surface area contributed by atoms with E-state index in [-0.39, 0.29) is 0 Å². The number of pyridine rings is 1. The monoisotopic (exact) mass is 509 g/mol. The number of fused-ring (bicyclic) bond motifs is 7. The van der Waals surface area contributed by atoms with Crippen LogP contribution in [-0.2, 0) is 12.8 Å². The van der Waals surface area contributed by atoms with Gasteiger partial charge in [0.1, 0.15) is 0 Å². The summed E-state index contributed by atoms with van der Waals surface area (Å²) in [7, 11) is 0. The van der Waals surface area contributed by atoms with Crippen LogP contribution in [0, 0.1) is 0 Å². The van der Waals surface area contributed by atoms with Gasteiger partial charge in [0, 0.05) is 49.3 Å². The smallest absolute Gasteiger partial charge is 0.238 e. The van der Waals surface area contributed by atoms with Gasteiger partial charge in [0.15, 0.2) is 11.6 Å². The lowest BCUT2D eigenvalue weighted by Crippen LogP contribution is -2.07. The Morgan fingerprint density at radius 3 is 2.13 bits per heavy atom. The van der Waals surface area contributed by atoms with E-state index in [1.165, 1.54) is 50.7 Å². The molecular weight excluding hydrogens is 486 g/mol. The maximum absolute atomic E-state index is 5.10. The van der Waals surface area contributed by atoms with E-state index in [0.717, 1.165) is 28.5 Å². The van der Waals surface area contributed by atoms with Crippen LogP contribution in [0.5, 0.6) is 0 Å². The number of aromatic nitrogens is 5. The second-order valence-electron chi connectivity index (χ2n) is 9.79. The number of nitrogens with zero attached hydrogens (tertiary/aromatic N) is 5. The van der Waals surface area contributed by atoms with Crippen molar-refractivity contribution < 1.29 is 0 Å². The van der Waals surface area contributed by atoms with Crippen molar-refractivity contribution in [3.8, 4) is 28.7 Å². The van der Waals surface area contributed by atoms with Crippen LogP contribution in [0.3, 0.4) is 0 Å². The molecule has 0 unspecified atom stereocenters. The molecule has 0 bridgehead atoms. The van der Waals surface area contributed by atoms with Gasteiger partial charge in [0.25, 0.3) is 0 Å². The van der Waals surface area contributed by atoms with Crippen LogP contribution >= 0.6 is 11.3 Å². The molecule has 8 rings (SSSR count). The summed E-state index contributed by atoms with van der Waals surface area (Å²) >= 11 is 1.95. The SMILES string of the molecule is c1ccc(-c2nc(-c3ccccc3)nc(-n3c4ccncc4c4ccc5sc6c(c5c43)CCCC6)n2)cc1. The highest BCUT2D eigenvalue weighted by Crippen LogP contribution is 2.43. The second kappa shape index (κ2) is 8.57. The van der Waals surface area contributed by atoms with Crippen molar-refractivity contribution >= 4 is 43.2 Å². The van der Waals surface area contributed by atoms with Gasteiger partial charge >= 0.3 is 0 Å². The number of thiophene rings is 1. The number of aryl methyl sites for hydroxylation is 2. The third-order valence-corrected chi connectivity index (χ3v) is 8.79. The number of rotatable bonds is 3. The molecule has 7 aromatic rings. The second-order valence-corrected chi connectivity index (χ2v) is 10.9. The largest absolute Gasteiger partial charge is 0.277 e. The van der Waals surface area contributed by atoms with Gasteiger partial charge in [-0.2, -0.15) is 9.97 Å². The third-order valence-electron chi connectivity index (χ3n) is 7.53. The number of hydrogen-bond donors (Lipinski definition) is 0. The molecule has 4 aromatic heterocycles. The first-order chi connectivity index (χ1) is 18.8. The summed E-state index contributed by atoms with van der Waals surface area (Å²) in [5, 5.41) is 3.65. The fraction of sp³-hybridized carbons (Fsp3) is 0.125. The minimum absolute atomic E-state index is 0.632. The molecule has 0 N–H and O–H groups in total. The molecule has 0 fully saturated rings. The van der Waals surface area contributed by atoms with Gasteiger partial charge in [0.05, 0.1) is 11.0 Å². The lowest BCUT2D eigenvalue weighted by Gasteiger charge is -2.13. The minimum atomic E-state index is 0.632. The fourth-order valence-electron chi connectivity index (χ4n) is 5.80. The Hall–Kier alpha value is -4.42. The Bertz CT molecular complexity index is 1910. The Kier molecular flexibility index (Phi) is 4.88. The van der Waals surface area contributed by atoms with E-state index in [1.54, 1.807) is 0 Å². The first-order valence-electron chi connectivity index (χ1n) is 13.0. The maximum atomic E-state index is 5.10. The Morgan fingerprint density at radius 2 is 1.39 bits per heavy atom. The van der Waals surface area contributed by atoms with Crippen molar-refractivity contribution in [1.29, 1.82) is 0 Å². The van der Waals surface area contributed by atoms with Gasteiger partial charge in [-0.05, 0) is 43.4 Å². The van der Waals surface area contributed by atoms with Crippen molar-refractivity contribution in [2.75, 3.05) is 0 Å². The van der Waals surface area contributed by atoms with Gasteiger partial charge < -0.3 is 0 Å². The zero-order chi connectivity index (χ0) is 25.1. The third kappa shape index (κ3) is 3.30. The van der Waals surface area contributed by atoms with Gasteiger partial charge in [-0.25, -0.2) is 4.98 Å². The number of hydrogen-bond acceptors (Lipinski definition) is 5. The average Bonchev–Trinajstić information content (AvgIpc) is 3.53. The molecule has 1 aliphatic rings. The Labute approximate surface area is 223 Å². The molecule has 38 heavy (non-hydrogen) atoms. The topological polar surface area (TPSA) is 56.5 Å². The predicted octanol–water partition coefficient (Wildman–Crippen LogP) is 7.79. The van der Waals surface area contributed by atoms with Crippen molar-refractivity contribution in [1.82, 2.24) is 24.5 Å². The van der Waals surface area contributed by atoms with E-state index in [9.17, 15) is 0 Å². The van der Waals surface area contributed by atoms with Crippen LogP contribution in [0.4, 0.5) is 0 Å². The molecule has 4 heterocycles. The van der Waals surface area contributed by atoms with Crippen LogP contribution in [0.15, 0.2) is 91.3 Å². The van der Waals surface area contributed by atoms with Crippen molar-refractivity contribution in [2.24, 2.45) is 0 Å². The van der Waals surface area contributed by atoms with Crippen LogP contribution in [-0.4, -0.2) is 24.5 Å². The number of benzene rings is 3. The first kappa shape index (κ1) is 21.6. The van der Waals surface area contributed by atoms with E-state index in [0.29, 0.717) is 17.6 Å². The lowest BCUT2D eigenvalue weighted by molar-refractivity contribution is 0.700. The molecule has 3 aromatic carbocycles. The van der Waals surface area contributed by atoms with Gasteiger partial charge in [-0.15, -0.1) is 11.3 Å². The highest BCUT2D eigenvalue weighted by Gasteiger charge is 2.24. The first-order valence-corrected chi connectivity index (χ1v) is 13.9. The summed E-state index contributed by atoms with van der Waals surface area (Å²) in [5.74, 6) is 1.96. The van der Waals surface area contributed by atoms with E-state index in [1.807, 2.05) is 60.1 Å². The minimum Gasteiger partial charge on any atom is -0.277 e. The molecule has 0 amide bonds. The molecule has 5 nitrogen and oxygen atoms in total. The van der Waals surface area contributed by atoms with Crippen LogP contribution in [0.1, 0.15) is 23.3 Å². The maximum Gasteiger partial charge on any atom is 0.238 e. The Morgan fingerprint density at radius 1 is 0.684 bits per heavy atom. The summed E-state index contributed by atoms with van der Waals surface area (Å²) in [6.07, 6.45) is 8.62. The highest BCUT2D eigenvalue weighted by atomic mass is 32.1. The molecule has 0 atom stereocenters. The molecule has 0 spiro atoms. The highest BCUT2D eigenvalue weighted by molar-refractivity contribution is 7.19. The molecular formula is C32H23N5S. The van der Waals surface area contributed by atoms with Crippen LogP contribution < -0.4 is 0 Å². The fourth-order valence-corrected chi connectivity index (χ4v) is 7.10. The summed E-state index contributed by atoms with van der Waals surface area (Å²) in [6.45, 7) is 0. The molecule has 182 valence electrons. The van der Waals surface area contributed by atoms with E-state index < -0.39 is 0 Å². The Balaban J connectivity index is 1.51. The average molecular weight is 510 g/mol. The summed E-state index contributed by atoms with van der Waals surface area (Å²) in [5.41, 5.74) is 5.67. The molecule has 0 aliphatic heterocycles. The lowest BCUT2D eigenvalue weighted by atomic mass is 9.95. The van der Waals surface area contributed by atoms with E-state index >= 15 is 0 Å². The summed E-state index contributed by atoms with van der Waals surface area (Å²) < 4.78 is 3.58. The quantitative estimate of drug-likeness (QED) is 0.244. The van der Waals surface area contributed by atoms with Gasteiger partial charge in [0.2, 0.25) is 5.95 Å². The van der Waals surface area contributed by atoms with E-state index in [4.69, 9.17) is 15.0 Å². The summed E-state index contributed by atoms with van der Waals surface area (Å²) in [6, 6.07) is 26.9. The standard InChI is InChI=1S/C32H23N5S/c1-3-9-20(10-4-1)30-34-31(21-11-5-2-6-12-21)36-32(35-30)37-25-17-18-33-19-24(25)22-15-16-27-28(29(22)37)23-13-7-8-14-26(23)38-27/h1-6,9-12,15-19H,7-8,13-14H2. The van der Waals surface area contributed by atoms with Crippen molar-refractivity contribution in [3.05, 3.63) is 102 Å². The van der Waals surface area contributed by atoms with E-state index in [2.05, 4.69) is 52.0 Å². The van der Waals surface area contributed by atoms with Crippen molar-refractivity contribution in [2.45, 2.75) is 25.7 Å². The predicted molar refractivity (Wildman–Crippen MR) is 155 cm³/mol. The van der Waals surface area contributed by atoms with Gasteiger partial charge in [-0.3, -0.25) is 9.55 Å². The van der Waals surface area contributed by atoms with Crippen LogP contribution in [0.25, 0.3) is 60.6 Å². The van der Waals surface area contributed by atoms with Crippen LogP contribution in [0.2, 0.25) is 0 Å². The zero-order valence-corrected chi connectivity index (χ0v) is 21.4. The zero-order valence-electron chi connectivity index (χ0n) is 20.6. The molecule has 0 saturated heterocycles. The molecule has 0 radical (unpaired) electrons. The van der Waals surface area contributed by atoms with Crippen molar-refractivity contribution in [3.63, 3.8) is 0 Å². The molecule has 0 saturated carbocycles. The molecule has 6 heteroatoms. The molecule has 1 aliphatic carbocycles. The summed E-state index contributed by atoms with van der Waals surface area (Å²) in [4.78, 5) is 21.1. The normalized spacial score (nSPS) is 13.4. The van der Waals surface area contributed by atoms with Gasteiger partial charge in [-0.1, -0.05) is 66.7 Å².